The zero-order valence-electron chi connectivity index (χ0n) is 10.7. The standard InChI is InChI=1S/C10H18ClN3O2S2/c1-8-9(7-11)10(13-12-8)18(15,16)14(2)5-4-6-17-3/h4-7H2,1-3H3,(H,12,13). The highest BCUT2D eigenvalue weighted by Gasteiger charge is 2.27. The first-order valence-corrected chi connectivity index (χ1v) is 8.87. The van der Waals surface area contributed by atoms with E-state index < -0.39 is 10.0 Å². The molecule has 0 saturated heterocycles. The van der Waals surface area contributed by atoms with Gasteiger partial charge in [-0.05, 0) is 25.4 Å². The summed E-state index contributed by atoms with van der Waals surface area (Å²) in [6, 6.07) is 0. The third-order valence-electron chi connectivity index (χ3n) is 2.65. The Bertz CT molecular complexity index is 487. The van der Waals surface area contributed by atoms with Crippen LogP contribution in [0.4, 0.5) is 0 Å². The first-order valence-electron chi connectivity index (χ1n) is 5.50. The number of sulfonamides is 1. The van der Waals surface area contributed by atoms with Crippen LogP contribution < -0.4 is 0 Å². The molecule has 0 aliphatic heterocycles. The van der Waals surface area contributed by atoms with E-state index in [9.17, 15) is 8.42 Å². The van der Waals surface area contributed by atoms with Crippen LogP contribution in [0.2, 0.25) is 0 Å². The van der Waals surface area contributed by atoms with Crippen LogP contribution in [0.25, 0.3) is 0 Å². The van der Waals surface area contributed by atoms with E-state index in [2.05, 4.69) is 10.2 Å². The number of nitrogens with one attached hydrogen (secondary N) is 1. The molecule has 1 aromatic rings. The van der Waals surface area contributed by atoms with Crippen molar-refractivity contribution in [1.82, 2.24) is 14.5 Å². The lowest BCUT2D eigenvalue weighted by molar-refractivity contribution is 0.466. The number of aryl methyl sites for hydroxylation is 1. The minimum absolute atomic E-state index is 0.0432. The molecule has 0 aliphatic rings. The fraction of sp³-hybridized carbons (Fsp3) is 0.700. The summed E-state index contributed by atoms with van der Waals surface area (Å²) >= 11 is 7.47. The molecule has 0 bridgehead atoms. The molecule has 0 atom stereocenters. The summed E-state index contributed by atoms with van der Waals surface area (Å²) in [5, 5.41) is 6.58. The Morgan fingerprint density at radius 1 is 1.50 bits per heavy atom. The molecule has 18 heavy (non-hydrogen) atoms. The van der Waals surface area contributed by atoms with E-state index in [4.69, 9.17) is 11.6 Å². The Morgan fingerprint density at radius 2 is 2.17 bits per heavy atom. The van der Waals surface area contributed by atoms with Gasteiger partial charge < -0.3 is 0 Å². The predicted octanol–water partition coefficient (Wildman–Crippen LogP) is 1.83. The number of alkyl halides is 1. The van der Waals surface area contributed by atoms with Crippen molar-refractivity contribution in [3.05, 3.63) is 11.3 Å². The molecule has 0 saturated carbocycles. The van der Waals surface area contributed by atoms with Gasteiger partial charge in [-0.3, -0.25) is 5.10 Å². The van der Waals surface area contributed by atoms with Crippen LogP contribution in [-0.2, 0) is 15.9 Å². The van der Waals surface area contributed by atoms with E-state index in [0.29, 0.717) is 17.8 Å². The summed E-state index contributed by atoms with van der Waals surface area (Å²) in [6.07, 6.45) is 2.81. The van der Waals surface area contributed by atoms with Crippen molar-refractivity contribution in [2.75, 3.05) is 25.6 Å². The highest BCUT2D eigenvalue weighted by Crippen LogP contribution is 2.21. The fourth-order valence-electron chi connectivity index (χ4n) is 1.50. The third-order valence-corrected chi connectivity index (χ3v) is 5.44. The number of thioether (sulfide) groups is 1. The molecule has 0 spiro atoms. The Hall–Kier alpha value is -0.240. The second-order valence-electron chi connectivity index (χ2n) is 3.94. The summed E-state index contributed by atoms with van der Waals surface area (Å²) in [5.41, 5.74) is 1.24. The van der Waals surface area contributed by atoms with Gasteiger partial charge in [-0.25, -0.2) is 8.42 Å². The number of H-pyrrole nitrogens is 1. The average Bonchev–Trinajstić information content (AvgIpc) is 2.71. The quantitative estimate of drug-likeness (QED) is 0.616. The number of aromatic nitrogens is 2. The van der Waals surface area contributed by atoms with E-state index in [0.717, 1.165) is 12.2 Å². The molecule has 8 heteroatoms. The summed E-state index contributed by atoms with van der Waals surface area (Å²) < 4.78 is 25.9. The lowest BCUT2D eigenvalue weighted by Crippen LogP contribution is -2.29. The van der Waals surface area contributed by atoms with Gasteiger partial charge in [0.05, 0.1) is 5.88 Å². The second-order valence-corrected chi connectivity index (χ2v) is 7.15. The van der Waals surface area contributed by atoms with Crippen LogP contribution in [0.5, 0.6) is 0 Å². The minimum atomic E-state index is -3.54. The maximum Gasteiger partial charge on any atom is 0.262 e. The Kier molecular flexibility index (Phi) is 5.97. The molecule has 0 unspecified atom stereocenters. The summed E-state index contributed by atoms with van der Waals surface area (Å²) in [6.45, 7) is 2.24. The van der Waals surface area contributed by atoms with Crippen molar-refractivity contribution in [2.45, 2.75) is 24.3 Å². The highest BCUT2D eigenvalue weighted by atomic mass is 35.5. The summed E-state index contributed by atoms with van der Waals surface area (Å²) in [4.78, 5) is 0. The number of nitrogens with zero attached hydrogens (tertiary/aromatic N) is 2. The van der Waals surface area contributed by atoms with Crippen molar-refractivity contribution in [2.24, 2.45) is 0 Å². The maximum atomic E-state index is 12.3. The van der Waals surface area contributed by atoms with Gasteiger partial charge in [0.15, 0.2) is 5.03 Å². The first-order chi connectivity index (χ1) is 8.45. The molecule has 0 fully saturated rings. The van der Waals surface area contributed by atoms with Gasteiger partial charge in [-0.2, -0.15) is 21.2 Å². The van der Waals surface area contributed by atoms with Crippen LogP contribution in [-0.4, -0.2) is 48.5 Å². The zero-order chi connectivity index (χ0) is 13.8. The number of hydrogen-bond acceptors (Lipinski definition) is 4. The normalized spacial score (nSPS) is 12.3. The van der Waals surface area contributed by atoms with Gasteiger partial charge >= 0.3 is 0 Å². The van der Waals surface area contributed by atoms with E-state index in [1.165, 1.54) is 4.31 Å². The molecule has 1 rings (SSSR count). The number of aromatic amines is 1. The second kappa shape index (κ2) is 6.79. The molecule has 0 aliphatic carbocycles. The van der Waals surface area contributed by atoms with Gasteiger partial charge in [-0.15, -0.1) is 11.6 Å². The molecule has 1 N–H and O–H groups in total. The van der Waals surface area contributed by atoms with Crippen LogP contribution in [0.3, 0.4) is 0 Å². The van der Waals surface area contributed by atoms with Crippen LogP contribution in [0, 0.1) is 6.92 Å². The summed E-state index contributed by atoms with van der Waals surface area (Å²) in [5.74, 6) is 1.07. The SMILES string of the molecule is CSCCCN(C)S(=O)(=O)c1n[nH]c(C)c1CCl. The average molecular weight is 312 g/mol. The van der Waals surface area contributed by atoms with Gasteiger partial charge in [0.25, 0.3) is 10.0 Å². The third kappa shape index (κ3) is 3.40. The monoisotopic (exact) mass is 311 g/mol. The van der Waals surface area contributed by atoms with Gasteiger partial charge in [0, 0.05) is 24.8 Å². The Labute approximate surface area is 117 Å². The fourth-order valence-corrected chi connectivity index (χ4v) is 3.69. The molecule has 0 aromatic carbocycles. The van der Waals surface area contributed by atoms with Crippen LogP contribution in [0.15, 0.2) is 5.03 Å². The van der Waals surface area contributed by atoms with Crippen LogP contribution >= 0.6 is 23.4 Å². The minimum Gasteiger partial charge on any atom is -0.281 e. The highest BCUT2D eigenvalue weighted by molar-refractivity contribution is 7.98. The smallest absolute Gasteiger partial charge is 0.262 e. The van der Waals surface area contributed by atoms with Crippen molar-refractivity contribution in [3.8, 4) is 0 Å². The zero-order valence-corrected chi connectivity index (χ0v) is 13.1. The van der Waals surface area contributed by atoms with Crippen molar-refractivity contribution in [3.63, 3.8) is 0 Å². The molecule has 0 amide bonds. The van der Waals surface area contributed by atoms with E-state index in [1.807, 2.05) is 6.26 Å². The van der Waals surface area contributed by atoms with Crippen molar-refractivity contribution >= 4 is 33.4 Å². The Morgan fingerprint density at radius 3 is 2.72 bits per heavy atom. The molecule has 1 aromatic heterocycles. The van der Waals surface area contributed by atoms with Gasteiger partial charge in [0.1, 0.15) is 0 Å². The molecular formula is C10H18ClN3O2S2. The predicted molar refractivity (Wildman–Crippen MR) is 75.7 cm³/mol. The van der Waals surface area contributed by atoms with Gasteiger partial charge in [0.2, 0.25) is 0 Å². The molecule has 1 heterocycles. The molecule has 0 radical (unpaired) electrons. The largest absolute Gasteiger partial charge is 0.281 e. The first kappa shape index (κ1) is 15.8. The van der Waals surface area contributed by atoms with E-state index in [-0.39, 0.29) is 10.9 Å². The molecular weight excluding hydrogens is 294 g/mol. The van der Waals surface area contributed by atoms with Gasteiger partial charge in [-0.1, -0.05) is 0 Å². The summed E-state index contributed by atoms with van der Waals surface area (Å²) in [7, 11) is -1.98. The van der Waals surface area contributed by atoms with E-state index >= 15 is 0 Å². The van der Waals surface area contributed by atoms with Crippen molar-refractivity contribution in [1.29, 1.82) is 0 Å². The topological polar surface area (TPSA) is 66.1 Å². The van der Waals surface area contributed by atoms with E-state index in [1.54, 1.807) is 25.7 Å². The lowest BCUT2D eigenvalue weighted by atomic mass is 10.3. The molecule has 104 valence electrons. The number of hydrogen-bond donors (Lipinski definition) is 1. The molecule has 5 nitrogen and oxygen atoms in total. The lowest BCUT2D eigenvalue weighted by Gasteiger charge is -2.15. The number of halogens is 1. The van der Waals surface area contributed by atoms with Crippen molar-refractivity contribution < 1.29 is 8.42 Å². The van der Waals surface area contributed by atoms with Crippen LogP contribution in [0.1, 0.15) is 17.7 Å². The maximum absolute atomic E-state index is 12.3. The Balaban J connectivity index is 2.91. The number of rotatable bonds is 7.